The molecule has 2 heterocycles. The number of carbonyl (C=O) groups excluding carboxylic acids is 2. The van der Waals surface area contributed by atoms with Crippen molar-refractivity contribution in [3.05, 3.63) is 132 Å². The van der Waals surface area contributed by atoms with Crippen molar-refractivity contribution in [3.63, 3.8) is 0 Å². The lowest BCUT2D eigenvalue weighted by atomic mass is 10.00. The van der Waals surface area contributed by atoms with Gasteiger partial charge in [-0.2, -0.15) is 0 Å². The van der Waals surface area contributed by atoms with E-state index < -0.39 is 17.1 Å². The molecule has 6 rings (SSSR count). The number of non-ortho nitro benzene ring substituents is 1. The van der Waals surface area contributed by atoms with Gasteiger partial charge in [-0.25, -0.2) is 4.99 Å². The van der Waals surface area contributed by atoms with Gasteiger partial charge in [0.25, 0.3) is 11.6 Å². The predicted molar refractivity (Wildman–Crippen MR) is 167 cm³/mol. The van der Waals surface area contributed by atoms with E-state index in [-0.39, 0.29) is 18.1 Å². The average molecular weight is 637 g/mol. The highest BCUT2D eigenvalue weighted by Crippen LogP contribution is 2.31. The van der Waals surface area contributed by atoms with Gasteiger partial charge in [0, 0.05) is 49.5 Å². The van der Waals surface area contributed by atoms with Crippen molar-refractivity contribution in [2.45, 2.75) is 6.23 Å². The number of anilines is 2. The molecule has 0 saturated heterocycles. The number of nitrogens with one attached hydrogen (secondary N) is 2. The smallest absolute Gasteiger partial charge is 0.276 e. The summed E-state index contributed by atoms with van der Waals surface area (Å²) in [4.78, 5) is 42.4. The number of benzodiazepines with no additional fused rings is 2. The first-order valence-corrected chi connectivity index (χ1v) is 13.8. The molecule has 0 aromatic heterocycles. The number of aliphatic hydroxyl groups is 1. The van der Waals surface area contributed by atoms with Crippen LogP contribution in [-0.2, 0) is 9.59 Å². The van der Waals surface area contributed by atoms with Gasteiger partial charge in [0.2, 0.25) is 12.1 Å². The van der Waals surface area contributed by atoms with Crippen molar-refractivity contribution < 1.29 is 19.6 Å². The fraction of sp³-hybridized carbons (Fsp3) is 0.0667. The number of aliphatic hydroxyl groups excluding tert-OH is 1. The largest absolute Gasteiger partial charge is 0.364 e. The molecule has 1 atom stereocenters. The Morgan fingerprint density at radius 3 is 2.00 bits per heavy atom. The third-order valence-corrected chi connectivity index (χ3v) is 7.26. The van der Waals surface area contributed by atoms with Crippen molar-refractivity contribution in [1.82, 2.24) is 0 Å². The summed E-state index contributed by atoms with van der Waals surface area (Å²) >= 11 is 18.4. The van der Waals surface area contributed by atoms with E-state index in [1.165, 1.54) is 18.2 Å². The quantitative estimate of drug-likeness (QED) is 0.183. The molecule has 0 spiro atoms. The van der Waals surface area contributed by atoms with Gasteiger partial charge < -0.3 is 15.7 Å². The summed E-state index contributed by atoms with van der Waals surface area (Å²) in [5.41, 5.74) is 4.15. The first-order chi connectivity index (χ1) is 20.6. The number of carbonyl (C=O) groups is 2. The van der Waals surface area contributed by atoms with Gasteiger partial charge in [0.1, 0.15) is 6.54 Å². The lowest BCUT2D eigenvalue weighted by Gasteiger charge is -2.11. The third-order valence-electron chi connectivity index (χ3n) is 6.36. The molecule has 0 aliphatic carbocycles. The Bertz CT molecular complexity index is 1840. The van der Waals surface area contributed by atoms with Gasteiger partial charge in [-0.15, -0.1) is 0 Å². The first kappa shape index (κ1) is 29.9. The van der Waals surface area contributed by atoms with Gasteiger partial charge in [-0.1, -0.05) is 71.2 Å². The summed E-state index contributed by atoms with van der Waals surface area (Å²) in [6, 6.07) is 23.4. The second-order valence-electron chi connectivity index (χ2n) is 9.19. The van der Waals surface area contributed by atoms with E-state index in [2.05, 4.69) is 20.6 Å². The van der Waals surface area contributed by atoms with E-state index in [9.17, 15) is 24.8 Å². The number of aliphatic imine (C=N–C) groups is 2. The molecule has 2 aliphatic rings. The Balaban J connectivity index is 0.000000171. The van der Waals surface area contributed by atoms with Crippen LogP contribution in [0.1, 0.15) is 22.3 Å². The summed E-state index contributed by atoms with van der Waals surface area (Å²) in [5.74, 6) is -0.877. The second kappa shape index (κ2) is 12.7. The number of benzene rings is 4. The highest BCUT2D eigenvalue weighted by Gasteiger charge is 2.25. The number of nitrogens with zero attached hydrogens (tertiary/aromatic N) is 3. The maximum Gasteiger partial charge on any atom is 0.276 e. The molecule has 1 unspecified atom stereocenters. The standard InChI is InChI=1S/C15H10Cl2N2O2.C15H10ClN3O3/c16-8-5-6-12-10(7-8)13(19-15(21)14(20)18-12)9-3-1-2-4-11(9)17;16-12-4-2-1-3-10(12)15-11-7-9(19(21)22)5-6-13(11)18-14(20)8-17-15/h1-7,15,21H,(H,18,20);1-7H,8H2,(H,18,20). The zero-order valence-electron chi connectivity index (χ0n) is 21.9. The van der Waals surface area contributed by atoms with Crippen LogP contribution in [0.25, 0.3) is 0 Å². The van der Waals surface area contributed by atoms with E-state index >= 15 is 0 Å². The molecule has 4 aromatic carbocycles. The van der Waals surface area contributed by atoms with Crippen LogP contribution in [0.5, 0.6) is 0 Å². The fourth-order valence-corrected chi connectivity index (χ4v) is 5.02. The van der Waals surface area contributed by atoms with Crippen molar-refractivity contribution in [2.24, 2.45) is 9.98 Å². The van der Waals surface area contributed by atoms with Gasteiger partial charge >= 0.3 is 0 Å². The maximum absolute atomic E-state index is 11.8. The van der Waals surface area contributed by atoms with Gasteiger partial charge in [0.15, 0.2) is 0 Å². The Morgan fingerprint density at radius 2 is 1.35 bits per heavy atom. The van der Waals surface area contributed by atoms with Crippen molar-refractivity contribution >= 4 is 75.1 Å². The van der Waals surface area contributed by atoms with E-state index in [0.29, 0.717) is 60.1 Å². The van der Waals surface area contributed by atoms with Crippen LogP contribution in [0, 0.1) is 10.1 Å². The average Bonchev–Trinajstić information content (AvgIpc) is 3.22. The molecule has 3 N–H and O–H groups in total. The van der Waals surface area contributed by atoms with E-state index in [0.717, 1.165) is 0 Å². The number of nitro groups is 1. The number of halogens is 3. The van der Waals surface area contributed by atoms with Crippen molar-refractivity contribution in [1.29, 1.82) is 0 Å². The summed E-state index contributed by atoms with van der Waals surface area (Å²) in [5, 5.41) is 27.6. The van der Waals surface area contributed by atoms with Crippen LogP contribution in [0.4, 0.5) is 17.1 Å². The van der Waals surface area contributed by atoms with Gasteiger partial charge in [-0.3, -0.25) is 24.7 Å². The normalized spacial score (nSPS) is 15.6. The summed E-state index contributed by atoms with van der Waals surface area (Å²) in [6.07, 6.45) is -1.50. The van der Waals surface area contributed by atoms with Gasteiger partial charge in [0.05, 0.1) is 27.7 Å². The Morgan fingerprint density at radius 1 is 0.767 bits per heavy atom. The van der Waals surface area contributed by atoms with E-state index in [1.807, 2.05) is 0 Å². The Labute approximate surface area is 259 Å². The van der Waals surface area contributed by atoms with Crippen molar-refractivity contribution in [3.8, 4) is 0 Å². The monoisotopic (exact) mass is 635 g/mol. The number of rotatable bonds is 3. The lowest BCUT2D eigenvalue weighted by molar-refractivity contribution is -0.384. The molecule has 4 aromatic rings. The minimum absolute atomic E-state index is 0.0664. The molecular formula is C30H20Cl3N5O5. The molecule has 43 heavy (non-hydrogen) atoms. The molecular weight excluding hydrogens is 617 g/mol. The molecule has 10 nitrogen and oxygen atoms in total. The van der Waals surface area contributed by atoms with Crippen molar-refractivity contribution in [2.75, 3.05) is 17.2 Å². The summed E-state index contributed by atoms with van der Waals surface area (Å²) in [6.45, 7) is -0.0664. The summed E-state index contributed by atoms with van der Waals surface area (Å²) in [7, 11) is 0. The van der Waals surface area contributed by atoms with Crippen LogP contribution >= 0.6 is 34.8 Å². The number of hydrogen-bond acceptors (Lipinski definition) is 7. The van der Waals surface area contributed by atoms with Gasteiger partial charge in [-0.05, 0) is 36.4 Å². The molecule has 13 heteroatoms. The molecule has 216 valence electrons. The molecule has 0 saturated carbocycles. The maximum atomic E-state index is 11.8. The van der Waals surface area contributed by atoms with Crippen LogP contribution in [0.2, 0.25) is 15.1 Å². The van der Waals surface area contributed by atoms with Crippen LogP contribution in [0.3, 0.4) is 0 Å². The number of amides is 2. The van der Waals surface area contributed by atoms with Crippen LogP contribution in [0.15, 0.2) is 94.9 Å². The predicted octanol–water partition coefficient (Wildman–Crippen LogP) is 6.14. The molecule has 2 amide bonds. The first-order valence-electron chi connectivity index (χ1n) is 12.6. The fourth-order valence-electron chi connectivity index (χ4n) is 4.40. The molecule has 0 fully saturated rings. The highest BCUT2D eigenvalue weighted by atomic mass is 35.5. The number of fused-ring (bicyclic) bond motifs is 2. The SMILES string of the molecule is O=C1CN=C(c2ccccc2Cl)c2cc([N+](=O)[O-])ccc2N1.O=C1Nc2ccc(Cl)cc2C(c2ccccc2Cl)=NC1O. The van der Waals surface area contributed by atoms with E-state index in [4.69, 9.17) is 34.8 Å². The molecule has 0 bridgehead atoms. The van der Waals surface area contributed by atoms with E-state index in [1.54, 1.807) is 66.7 Å². The number of hydrogen-bond donors (Lipinski definition) is 3. The zero-order chi connectivity index (χ0) is 30.7. The molecule has 0 radical (unpaired) electrons. The number of nitro benzene ring substituents is 1. The third kappa shape index (κ3) is 6.58. The lowest BCUT2D eigenvalue weighted by Crippen LogP contribution is -2.24. The topological polar surface area (TPSA) is 146 Å². The minimum atomic E-state index is -1.50. The summed E-state index contributed by atoms with van der Waals surface area (Å²) < 4.78 is 0. The Hall–Kier alpha value is -4.61. The molecule has 2 aliphatic heterocycles. The second-order valence-corrected chi connectivity index (χ2v) is 10.4. The Kier molecular flexibility index (Phi) is 8.84. The minimum Gasteiger partial charge on any atom is -0.364 e. The van der Waals surface area contributed by atoms with Crippen LogP contribution < -0.4 is 10.6 Å². The van der Waals surface area contributed by atoms with Crippen LogP contribution in [-0.4, -0.2) is 46.0 Å². The zero-order valence-corrected chi connectivity index (χ0v) is 24.2. The highest BCUT2D eigenvalue weighted by molar-refractivity contribution is 6.37.